The first kappa shape index (κ1) is 21.8. The number of halogens is 1. The summed E-state index contributed by atoms with van der Waals surface area (Å²) in [6.45, 7) is 1.97. The molecule has 0 aromatic heterocycles. The van der Waals surface area contributed by atoms with E-state index < -0.39 is 11.9 Å². The molecule has 0 unspecified atom stereocenters. The van der Waals surface area contributed by atoms with Crippen molar-refractivity contribution in [3.63, 3.8) is 0 Å². The largest absolute Gasteiger partial charge is 0.423 e. The van der Waals surface area contributed by atoms with Gasteiger partial charge in [0, 0.05) is 3.57 Å². The van der Waals surface area contributed by atoms with E-state index >= 15 is 0 Å². The second-order valence-corrected chi connectivity index (χ2v) is 8.45. The van der Waals surface area contributed by atoms with E-state index in [9.17, 15) is 9.59 Å². The van der Waals surface area contributed by atoms with Gasteiger partial charge in [-0.2, -0.15) is 0 Å². The summed E-state index contributed by atoms with van der Waals surface area (Å²) >= 11 is 2.19. The van der Waals surface area contributed by atoms with Crippen LogP contribution in [-0.2, 0) is 0 Å². The van der Waals surface area contributed by atoms with Crippen LogP contribution in [-0.4, -0.2) is 11.9 Å². The molecule has 4 rings (SSSR count). The topological polar surface area (TPSA) is 52.6 Å². The van der Waals surface area contributed by atoms with Gasteiger partial charge in [-0.1, -0.05) is 42.0 Å². The predicted octanol–water partition coefficient (Wildman–Crippen LogP) is 6.71. The number of hydrogen-bond acceptors (Lipinski definition) is 4. The Morgan fingerprint density at radius 2 is 0.938 bits per heavy atom. The molecule has 0 saturated heterocycles. The second-order valence-electron chi connectivity index (χ2n) is 7.20. The average Bonchev–Trinajstić information content (AvgIpc) is 2.81. The van der Waals surface area contributed by atoms with Crippen molar-refractivity contribution in [2.45, 2.75) is 6.92 Å². The average molecular weight is 534 g/mol. The number of ether oxygens (including phenoxy) is 2. The van der Waals surface area contributed by atoms with E-state index in [1.165, 1.54) is 0 Å². The molecular formula is C27H19IO4. The zero-order valence-corrected chi connectivity index (χ0v) is 19.4. The molecule has 0 saturated carbocycles. The Balaban J connectivity index is 1.39. The minimum atomic E-state index is -0.395. The van der Waals surface area contributed by atoms with Crippen LogP contribution in [0.4, 0.5) is 0 Å². The van der Waals surface area contributed by atoms with E-state index in [-0.39, 0.29) is 0 Å². The van der Waals surface area contributed by atoms with Gasteiger partial charge in [-0.15, -0.1) is 0 Å². The van der Waals surface area contributed by atoms with E-state index in [0.29, 0.717) is 22.6 Å². The predicted molar refractivity (Wildman–Crippen MR) is 132 cm³/mol. The number of carbonyl (C=O) groups is 2. The van der Waals surface area contributed by atoms with E-state index in [4.69, 9.17) is 9.47 Å². The van der Waals surface area contributed by atoms with Gasteiger partial charge in [-0.05, 0) is 101 Å². The summed E-state index contributed by atoms with van der Waals surface area (Å²) in [4.78, 5) is 24.5. The molecule has 0 radical (unpaired) electrons. The summed E-state index contributed by atoms with van der Waals surface area (Å²) in [6, 6.07) is 29.0. The van der Waals surface area contributed by atoms with E-state index in [1.54, 1.807) is 48.5 Å². The van der Waals surface area contributed by atoms with Gasteiger partial charge >= 0.3 is 11.9 Å². The first-order valence-corrected chi connectivity index (χ1v) is 11.0. The molecule has 0 fully saturated rings. The van der Waals surface area contributed by atoms with Crippen LogP contribution in [0.3, 0.4) is 0 Å². The third kappa shape index (κ3) is 5.42. The highest BCUT2D eigenvalue weighted by molar-refractivity contribution is 14.1. The lowest BCUT2D eigenvalue weighted by atomic mass is 10.1. The van der Waals surface area contributed by atoms with E-state index in [0.717, 1.165) is 20.3 Å². The Kier molecular flexibility index (Phi) is 6.66. The molecule has 0 aliphatic carbocycles. The minimum Gasteiger partial charge on any atom is -0.423 e. The number of rotatable bonds is 5. The van der Waals surface area contributed by atoms with Crippen molar-refractivity contribution in [1.29, 1.82) is 0 Å². The molecule has 0 aliphatic rings. The fourth-order valence-corrected chi connectivity index (χ4v) is 3.40. The maximum Gasteiger partial charge on any atom is 0.343 e. The van der Waals surface area contributed by atoms with Crippen LogP contribution in [0, 0.1) is 10.5 Å². The summed E-state index contributed by atoms with van der Waals surface area (Å²) in [6.07, 6.45) is 0. The van der Waals surface area contributed by atoms with Crippen molar-refractivity contribution in [1.82, 2.24) is 0 Å². The van der Waals surface area contributed by atoms with E-state index in [1.807, 2.05) is 55.5 Å². The summed E-state index contributed by atoms with van der Waals surface area (Å²) < 4.78 is 11.9. The monoisotopic (exact) mass is 534 g/mol. The van der Waals surface area contributed by atoms with Crippen molar-refractivity contribution in [3.05, 3.63) is 117 Å². The van der Waals surface area contributed by atoms with Gasteiger partial charge in [-0.25, -0.2) is 9.59 Å². The molecule has 0 atom stereocenters. The molecule has 0 heterocycles. The van der Waals surface area contributed by atoms with Crippen LogP contribution >= 0.6 is 22.6 Å². The lowest BCUT2D eigenvalue weighted by molar-refractivity contribution is 0.0725. The Hall–Kier alpha value is -3.45. The van der Waals surface area contributed by atoms with Gasteiger partial charge in [0.25, 0.3) is 0 Å². The zero-order valence-electron chi connectivity index (χ0n) is 17.2. The van der Waals surface area contributed by atoms with Crippen LogP contribution < -0.4 is 9.47 Å². The maximum absolute atomic E-state index is 12.3. The molecule has 32 heavy (non-hydrogen) atoms. The second kappa shape index (κ2) is 9.78. The van der Waals surface area contributed by atoms with Crippen LogP contribution in [0.5, 0.6) is 11.5 Å². The molecule has 4 aromatic rings. The molecule has 0 N–H and O–H groups in total. The van der Waals surface area contributed by atoms with Gasteiger partial charge in [0.15, 0.2) is 0 Å². The highest BCUT2D eigenvalue weighted by Gasteiger charge is 2.10. The first-order valence-electron chi connectivity index (χ1n) is 9.95. The summed E-state index contributed by atoms with van der Waals surface area (Å²) in [5.41, 5.74) is 4.01. The Morgan fingerprint density at radius 3 is 1.34 bits per heavy atom. The van der Waals surface area contributed by atoms with Crippen LogP contribution in [0.15, 0.2) is 97.1 Å². The standard InChI is InChI=1S/C27H19IO4/c1-18-2-4-21(5-3-18)26(29)31-24-14-8-19(9-15-24)20-10-16-25(17-11-20)32-27(30)22-6-12-23(28)13-7-22/h2-17H,1H3. The summed E-state index contributed by atoms with van der Waals surface area (Å²) in [7, 11) is 0. The fraction of sp³-hybridized carbons (Fsp3) is 0.0370. The Morgan fingerprint density at radius 1 is 0.562 bits per heavy atom. The lowest BCUT2D eigenvalue weighted by Gasteiger charge is -2.08. The third-order valence-corrected chi connectivity index (χ3v) is 5.55. The zero-order chi connectivity index (χ0) is 22.5. The van der Waals surface area contributed by atoms with Crippen molar-refractivity contribution >= 4 is 34.5 Å². The highest BCUT2D eigenvalue weighted by atomic mass is 127. The number of esters is 2. The first-order chi connectivity index (χ1) is 15.5. The number of hydrogen-bond donors (Lipinski definition) is 0. The quantitative estimate of drug-likeness (QED) is 0.162. The third-order valence-electron chi connectivity index (χ3n) is 4.83. The SMILES string of the molecule is Cc1ccc(C(=O)Oc2ccc(-c3ccc(OC(=O)c4ccc(I)cc4)cc3)cc2)cc1. The van der Waals surface area contributed by atoms with Crippen molar-refractivity contribution < 1.29 is 19.1 Å². The van der Waals surface area contributed by atoms with Crippen molar-refractivity contribution in [2.24, 2.45) is 0 Å². The van der Waals surface area contributed by atoms with Crippen LogP contribution in [0.1, 0.15) is 26.3 Å². The molecule has 0 aliphatic heterocycles. The lowest BCUT2D eigenvalue weighted by Crippen LogP contribution is -2.08. The molecule has 5 heteroatoms. The molecule has 0 bridgehead atoms. The molecule has 4 nitrogen and oxygen atoms in total. The summed E-state index contributed by atoms with van der Waals surface area (Å²) in [5.74, 6) is 0.161. The van der Waals surface area contributed by atoms with Gasteiger partial charge in [0.05, 0.1) is 11.1 Å². The number of benzene rings is 4. The van der Waals surface area contributed by atoms with Crippen LogP contribution in [0.2, 0.25) is 0 Å². The molecule has 4 aromatic carbocycles. The Labute approximate surface area is 200 Å². The minimum absolute atomic E-state index is 0.392. The van der Waals surface area contributed by atoms with Crippen LogP contribution in [0.25, 0.3) is 11.1 Å². The highest BCUT2D eigenvalue weighted by Crippen LogP contribution is 2.25. The molecular weight excluding hydrogens is 515 g/mol. The van der Waals surface area contributed by atoms with Gasteiger partial charge in [-0.3, -0.25) is 0 Å². The number of aryl methyl sites for hydroxylation is 1. The molecule has 158 valence electrons. The fourth-order valence-electron chi connectivity index (χ4n) is 3.04. The normalized spacial score (nSPS) is 10.4. The number of carbonyl (C=O) groups excluding carboxylic acids is 2. The molecule has 0 amide bonds. The Bertz CT molecular complexity index is 1130. The van der Waals surface area contributed by atoms with Gasteiger partial charge in [0.1, 0.15) is 11.5 Å². The van der Waals surface area contributed by atoms with Crippen molar-refractivity contribution in [2.75, 3.05) is 0 Å². The maximum atomic E-state index is 12.3. The van der Waals surface area contributed by atoms with Gasteiger partial charge < -0.3 is 9.47 Å². The molecule has 0 spiro atoms. The van der Waals surface area contributed by atoms with Crippen molar-refractivity contribution in [3.8, 4) is 22.6 Å². The smallest absolute Gasteiger partial charge is 0.343 e. The van der Waals surface area contributed by atoms with Gasteiger partial charge in [0.2, 0.25) is 0 Å². The van der Waals surface area contributed by atoms with E-state index in [2.05, 4.69) is 22.6 Å². The summed E-state index contributed by atoms with van der Waals surface area (Å²) in [5, 5.41) is 0.